The average molecular weight is 235 g/mol. The third-order valence-corrected chi connectivity index (χ3v) is 3.77. The van der Waals surface area contributed by atoms with Gasteiger partial charge in [0.15, 0.2) is 0 Å². The molecule has 3 heteroatoms. The fourth-order valence-corrected chi connectivity index (χ4v) is 2.74. The van der Waals surface area contributed by atoms with Crippen molar-refractivity contribution in [1.29, 1.82) is 0 Å². The molecule has 0 aliphatic carbocycles. The van der Waals surface area contributed by atoms with Crippen LogP contribution in [0.3, 0.4) is 0 Å². The molecule has 0 saturated heterocycles. The van der Waals surface area contributed by atoms with E-state index in [9.17, 15) is 0 Å². The summed E-state index contributed by atoms with van der Waals surface area (Å²) in [5.74, 6) is 1.12. The smallest absolute Gasteiger partial charge is 0.0862 e. The van der Waals surface area contributed by atoms with E-state index < -0.39 is 0 Å². The third-order valence-electron chi connectivity index (χ3n) is 2.12. The Morgan fingerprint density at radius 2 is 1.93 bits per heavy atom. The molecule has 0 amide bonds. The van der Waals surface area contributed by atoms with Crippen molar-refractivity contribution in [2.45, 2.75) is 11.8 Å². The summed E-state index contributed by atoms with van der Waals surface area (Å²) in [7, 11) is 0. The van der Waals surface area contributed by atoms with Crippen LogP contribution in [0.4, 0.5) is 5.00 Å². The van der Waals surface area contributed by atoms with Gasteiger partial charge >= 0.3 is 0 Å². The van der Waals surface area contributed by atoms with E-state index in [1.807, 2.05) is 17.8 Å². The Bertz CT molecular complexity index is 431. The molecule has 0 bridgehead atoms. The molecule has 1 nitrogen and oxygen atoms in total. The normalized spacial score (nSPS) is 10.5. The van der Waals surface area contributed by atoms with Crippen molar-refractivity contribution < 1.29 is 0 Å². The van der Waals surface area contributed by atoms with Crippen molar-refractivity contribution in [1.82, 2.24) is 0 Å². The minimum absolute atomic E-state index is 0.872. The van der Waals surface area contributed by atoms with Crippen molar-refractivity contribution in [3.05, 3.63) is 35.7 Å². The first-order valence-corrected chi connectivity index (χ1v) is 6.73. The summed E-state index contributed by atoms with van der Waals surface area (Å²) in [5, 5.41) is 2.97. The topological polar surface area (TPSA) is 26.0 Å². The van der Waals surface area contributed by atoms with E-state index in [0.717, 1.165) is 10.8 Å². The highest BCUT2D eigenvalue weighted by molar-refractivity contribution is 7.99. The molecule has 0 aliphatic rings. The van der Waals surface area contributed by atoms with Gasteiger partial charge in [0.2, 0.25) is 0 Å². The molecule has 0 fully saturated rings. The van der Waals surface area contributed by atoms with E-state index in [1.54, 1.807) is 11.3 Å². The molecule has 0 unspecified atom stereocenters. The number of nitrogens with two attached hydrogens (primary N) is 1. The zero-order valence-electron chi connectivity index (χ0n) is 8.57. The molecule has 1 aromatic heterocycles. The standard InChI is InChI=1S/C12H13NS2/c1-2-14-11-5-3-9(4-6-11)10-7-12(13)15-8-10/h3-8H,2,13H2,1H3. The van der Waals surface area contributed by atoms with Crippen LogP contribution in [0.15, 0.2) is 40.6 Å². The van der Waals surface area contributed by atoms with Crippen LogP contribution in [-0.2, 0) is 0 Å². The first-order valence-electron chi connectivity index (χ1n) is 4.87. The molecule has 15 heavy (non-hydrogen) atoms. The maximum atomic E-state index is 5.71. The van der Waals surface area contributed by atoms with Gasteiger partial charge in [-0.3, -0.25) is 0 Å². The highest BCUT2D eigenvalue weighted by atomic mass is 32.2. The van der Waals surface area contributed by atoms with Gasteiger partial charge in [-0.25, -0.2) is 0 Å². The summed E-state index contributed by atoms with van der Waals surface area (Å²) < 4.78 is 0. The molecule has 1 heterocycles. The summed E-state index contributed by atoms with van der Waals surface area (Å²) in [6.07, 6.45) is 0. The molecule has 1 aromatic carbocycles. The van der Waals surface area contributed by atoms with Crippen LogP contribution in [0.1, 0.15) is 6.92 Å². The van der Waals surface area contributed by atoms with Crippen LogP contribution < -0.4 is 5.73 Å². The van der Waals surface area contributed by atoms with Gasteiger partial charge in [-0.15, -0.1) is 23.1 Å². The largest absolute Gasteiger partial charge is 0.391 e. The Morgan fingerprint density at radius 1 is 1.20 bits per heavy atom. The van der Waals surface area contributed by atoms with Crippen LogP contribution >= 0.6 is 23.1 Å². The Labute approximate surface area is 98.3 Å². The molecule has 2 aromatic rings. The Hall–Kier alpha value is -0.930. The molecule has 0 radical (unpaired) electrons. The molecular formula is C12H13NS2. The van der Waals surface area contributed by atoms with Crippen LogP contribution in [0.25, 0.3) is 11.1 Å². The number of rotatable bonds is 3. The minimum Gasteiger partial charge on any atom is -0.391 e. The number of nitrogen functional groups attached to an aromatic ring is 1. The van der Waals surface area contributed by atoms with Gasteiger partial charge in [0.1, 0.15) is 0 Å². The lowest BCUT2D eigenvalue weighted by Crippen LogP contribution is -1.77. The number of hydrogen-bond donors (Lipinski definition) is 1. The highest BCUT2D eigenvalue weighted by Crippen LogP contribution is 2.28. The second-order valence-corrected chi connectivity index (χ2v) is 5.48. The molecule has 78 valence electrons. The lowest BCUT2D eigenvalue weighted by molar-refractivity contribution is 1.43. The highest BCUT2D eigenvalue weighted by Gasteiger charge is 2.00. The third kappa shape index (κ3) is 2.55. The maximum absolute atomic E-state index is 5.71. The van der Waals surface area contributed by atoms with Gasteiger partial charge in [-0.05, 0) is 35.1 Å². The molecular weight excluding hydrogens is 222 g/mol. The maximum Gasteiger partial charge on any atom is 0.0862 e. The van der Waals surface area contributed by atoms with Crippen molar-refractivity contribution in [2.75, 3.05) is 11.5 Å². The monoisotopic (exact) mass is 235 g/mol. The number of anilines is 1. The van der Waals surface area contributed by atoms with E-state index in [-0.39, 0.29) is 0 Å². The summed E-state index contributed by atoms with van der Waals surface area (Å²) in [4.78, 5) is 1.32. The zero-order chi connectivity index (χ0) is 10.7. The predicted molar refractivity (Wildman–Crippen MR) is 70.6 cm³/mol. The predicted octanol–water partition coefficient (Wildman–Crippen LogP) is 4.11. The lowest BCUT2D eigenvalue weighted by Gasteiger charge is -2.00. The Balaban J connectivity index is 2.23. The fourth-order valence-electron chi connectivity index (χ4n) is 1.41. The van der Waals surface area contributed by atoms with Crippen molar-refractivity contribution in [3.8, 4) is 11.1 Å². The van der Waals surface area contributed by atoms with Gasteiger partial charge in [-0.2, -0.15) is 0 Å². The van der Waals surface area contributed by atoms with Crippen molar-refractivity contribution in [2.24, 2.45) is 0 Å². The molecule has 0 aliphatic heterocycles. The second kappa shape index (κ2) is 4.73. The average Bonchev–Trinajstić information content (AvgIpc) is 2.67. The molecule has 2 N–H and O–H groups in total. The van der Waals surface area contributed by atoms with Crippen LogP contribution in [0, 0.1) is 0 Å². The van der Waals surface area contributed by atoms with Crippen LogP contribution in [0.2, 0.25) is 0 Å². The summed E-state index contributed by atoms with van der Waals surface area (Å²) in [6.45, 7) is 2.16. The number of thioether (sulfide) groups is 1. The van der Waals surface area contributed by atoms with Crippen LogP contribution in [-0.4, -0.2) is 5.75 Å². The quantitative estimate of drug-likeness (QED) is 0.810. The van der Waals surface area contributed by atoms with E-state index in [4.69, 9.17) is 5.73 Å². The number of hydrogen-bond acceptors (Lipinski definition) is 3. The minimum atomic E-state index is 0.872. The van der Waals surface area contributed by atoms with Crippen molar-refractivity contribution in [3.63, 3.8) is 0 Å². The summed E-state index contributed by atoms with van der Waals surface area (Å²) >= 11 is 3.45. The number of thiophene rings is 1. The fraction of sp³-hybridized carbons (Fsp3) is 0.167. The van der Waals surface area contributed by atoms with Gasteiger partial charge in [0.05, 0.1) is 5.00 Å². The van der Waals surface area contributed by atoms with Crippen molar-refractivity contribution >= 4 is 28.1 Å². The molecule has 2 rings (SSSR count). The van der Waals surface area contributed by atoms with E-state index in [0.29, 0.717) is 0 Å². The lowest BCUT2D eigenvalue weighted by atomic mass is 10.1. The Morgan fingerprint density at radius 3 is 2.47 bits per heavy atom. The molecule has 0 atom stereocenters. The first kappa shape index (κ1) is 10.6. The molecule has 0 saturated carbocycles. The molecule has 0 spiro atoms. The van der Waals surface area contributed by atoms with E-state index >= 15 is 0 Å². The van der Waals surface area contributed by atoms with E-state index in [1.165, 1.54) is 16.0 Å². The zero-order valence-corrected chi connectivity index (χ0v) is 10.2. The summed E-state index contributed by atoms with van der Waals surface area (Å²) in [5.41, 5.74) is 8.16. The Kier molecular flexibility index (Phi) is 3.34. The van der Waals surface area contributed by atoms with Gasteiger partial charge in [-0.1, -0.05) is 19.1 Å². The van der Waals surface area contributed by atoms with E-state index in [2.05, 4.69) is 36.6 Å². The van der Waals surface area contributed by atoms with Gasteiger partial charge in [0, 0.05) is 10.3 Å². The first-order chi connectivity index (χ1) is 7.29. The van der Waals surface area contributed by atoms with Gasteiger partial charge in [0.25, 0.3) is 0 Å². The second-order valence-electron chi connectivity index (χ2n) is 3.20. The summed E-state index contributed by atoms with van der Waals surface area (Å²) in [6, 6.07) is 10.7. The SMILES string of the molecule is CCSc1ccc(-c2csc(N)c2)cc1. The van der Waals surface area contributed by atoms with Crippen LogP contribution in [0.5, 0.6) is 0 Å². The number of benzene rings is 1. The van der Waals surface area contributed by atoms with Gasteiger partial charge < -0.3 is 5.73 Å².